The lowest BCUT2D eigenvalue weighted by atomic mass is 9.95. The summed E-state index contributed by atoms with van der Waals surface area (Å²) in [5.74, 6) is 0. The second kappa shape index (κ2) is 7.09. The largest absolute Gasteiger partial charge is 0.412 e. The van der Waals surface area contributed by atoms with Crippen molar-refractivity contribution >= 4 is 33.4 Å². The van der Waals surface area contributed by atoms with Crippen LogP contribution in [0.3, 0.4) is 0 Å². The molecule has 0 radical (unpaired) electrons. The van der Waals surface area contributed by atoms with E-state index in [9.17, 15) is 0 Å². The molecule has 2 aliphatic rings. The van der Waals surface area contributed by atoms with E-state index < -0.39 is 0 Å². The molecule has 0 atom stereocenters. The van der Waals surface area contributed by atoms with E-state index in [-0.39, 0.29) is 22.5 Å². The average molecular weight is 398 g/mol. The summed E-state index contributed by atoms with van der Waals surface area (Å²) in [6, 6.07) is 22.1. The van der Waals surface area contributed by atoms with Crippen molar-refractivity contribution in [3.05, 3.63) is 72.1 Å². The Morgan fingerprint density at radius 1 is 0.880 bits per heavy atom. The van der Waals surface area contributed by atoms with Crippen molar-refractivity contribution in [1.82, 2.24) is 4.57 Å². The van der Waals surface area contributed by atoms with E-state index in [1.54, 1.807) is 0 Å². The van der Waals surface area contributed by atoms with E-state index in [1.807, 2.05) is 55.6 Å². The summed E-state index contributed by atoms with van der Waals surface area (Å²) in [4.78, 5) is 0. The monoisotopic (exact) mass is 397 g/mol. The van der Waals surface area contributed by atoms with E-state index >= 15 is 0 Å². The number of pyridine rings is 1. The van der Waals surface area contributed by atoms with Crippen LogP contribution in [-0.2, 0) is 7.05 Å². The van der Waals surface area contributed by atoms with Crippen molar-refractivity contribution in [2.45, 2.75) is 0 Å². The van der Waals surface area contributed by atoms with Gasteiger partial charge in [-0.3, -0.25) is 0 Å². The van der Waals surface area contributed by atoms with Crippen molar-refractivity contribution in [3.63, 3.8) is 0 Å². The van der Waals surface area contributed by atoms with Gasteiger partial charge in [0.25, 0.3) is 0 Å². The van der Waals surface area contributed by atoms with Crippen LogP contribution < -0.4 is 11.1 Å². The molecule has 1 heterocycles. The summed E-state index contributed by atoms with van der Waals surface area (Å²) in [5, 5.41) is 10.8. The van der Waals surface area contributed by atoms with Crippen LogP contribution in [0.25, 0.3) is 33.3 Å². The van der Waals surface area contributed by atoms with Crippen molar-refractivity contribution in [2.75, 3.05) is 5.73 Å². The fraction of sp³-hybridized carbons (Fsp3) is 0.0500. The molecule has 1 aliphatic carbocycles. The fourth-order valence-corrected chi connectivity index (χ4v) is 3.28. The molecule has 1 aliphatic heterocycles. The zero-order valence-corrected chi connectivity index (χ0v) is 15.5. The zero-order chi connectivity index (χ0) is 16.0. The molecule has 0 amide bonds. The molecule has 0 spiro atoms. The standard InChI is InChI=1S/C20H17N3.BrH.H2O/c1-23-19-12-15(22)8-10-17(19)16-9-7-14(21)11-18(16)20(23)13-5-3-2-4-6-13;;/h2-12,22H,21H2,1H3;1H;1H2. The number of hydrogen-bond acceptors (Lipinski definition) is 2. The van der Waals surface area contributed by atoms with Crippen LogP contribution in [0.4, 0.5) is 5.69 Å². The van der Waals surface area contributed by atoms with E-state index in [0.29, 0.717) is 5.36 Å². The molecule has 2 aromatic carbocycles. The number of benzene rings is 3. The molecule has 4 rings (SSSR count). The number of aromatic nitrogens is 1. The third kappa shape index (κ3) is 3.04. The molecular formula is C20H20BrN3O. The summed E-state index contributed by atoms with van der Waals surface area (Å²) in [5.41, 5.74) is 11.3. The van der Waals surface area contributed by atoms with Gasteiger partial charge in [-0.2, -0.15) is 0 Å². The fourth-order valence-electron chi connectivity index (χ4n) is 3.28. The minimum atomic E-state index is 0. The van der Waals surface area contributed by atoms with Crippen LogP contribution >= 0.6 is 17.0 Å². The smallest absolute Gasteiger partial charge is 0.0562 e. The van der Waals surface area contributed by atoms with Gasteiger partial charge in [0.2, 0.25) is 0 Å². The summed E-state index contributed by atoms with van der Waals surface area (Å²) in [6.07, 6.45) is 0. The van der Waals surface area contributed by atoms with Crippen LogP contribution in [0.2, 0.25) is 0 Å². The highest BCUT2D eigenvalue weighted by molar-refractivity contribution is 8.93. The summed E-state index contributed by atoms with van der Waals surface area (Å²) in [7, 11) is 2.05. The van der Waals surface area contributed by atoms with Gasteiger partial charge in [0.1, 0.15) is 0 Å². The van der Waals surface area contributed by atoms with Crippen molar-refractivity contribution < 1.29 is 5.48 Å². The van der Waals surface area contributed by atoms with Gasteiger partial charge >= 0.3 is 0 Å². The molecule has 5 N–H and O–H groups in total. The minimum absolute atomic E-state index is 0. The number of nitrogens with two attached hydrogens (primary N) is 1. The van der Waals surface area contributed by atoms with Crippen LogP contribution in [0.1, 0.15) is 0 Å². The first kappa shape index (κ1) is 18.7. The second-order valence-electron chi connectivity index (χ2n) is 5.81. The van der Waals surface area contributed by atoms with Crippen LogP contribution in [-0.4, -0.2) is 10.0 Å². The van der Waals surface area contributed by atoms with Crippen LogP contribution in [0.15, 0.2) is 66.7 Å². The number of nitrogens with zero attached hydrogens (tertiary/aromatic N) is 1. The van der Waals surface area contributed by atoms with Gasteiger partial charge in [0.15, 0.2) is 0 Å². The van der Waals surface area contributed by atoms with Gasteiger partial charge in [0.05, 0.1) is 16.7 Å². The Morgan fingerprint density at radius 2 is 1.60 bits per heavy atom. The zero-order valence-electron chi connectivity index (χ0n) is 13.8. The Hall–Kier alpha value is -2.63. The predicted molar refractivity (Wildman–Crippen MR) is 109 cm³/mol. The SMILES string of the molecule is Br.Cn1c2cc(=N)ccc-2c2ccc(N)cc2c1-c1ccccc1.O. The van der Waals surface area contributed by atoms with Crippen molar-refractivity contribution in [3.8, 4) is 22.5 Å². The Labute approximate surface area is 156 Å². The van der Waals surface area contributed by atoms with Crippen molar-refractivity contribution in [2.24, 2.45) is 7.05 Å². The maximum absolute atomic E-state index is 7.96. The molecule has 5 heteroatoms. The first-order chi connectivity index (χ1) is 11.1. The summed E-state index contributed by atoms with van der Waals surface area (Å²) >= 11 is 0. The average Bonchev–Trinajstić information content (AvgIpc) is 2.56. The molecule has 128 valence electrons. The molecule has 0 saturated heterocycles. The Bertz CT molecular complexity index is 1060. The van der Waals surface area contributed by atoms with Gasteiger partial charge in [-0.15, -0.1) is 17.0 Å². The Kier molecular flexibility index (Phi) is 5.30. The molecule has 4 nitrogen and oxygen atoms in total. The Morgan fingerprint density at radius 3 is 2.32 bits per heavy atom. The third-order valence-corrected chi connectivity index (χ3v) is 4.33. The third-order valence-electron chi connectivity index (χ3n) is 4.33. The van der Waals surface area contributed by atoms with Crippen molar-refractivity contribution in [1.29, 1.82) is 5.41 Å². The normalized spacial score (nSPS) is 10.3. The first-order valence-corrected chi connectivity index (χ1v) is 7.57. The van der Waals surface area contributed by atoms with Crippen LogP contribution in [0.5, 0.6) is 0 Å². The highest BCUT2D eigenvalue weighted by atomic mass is 79.9. The molecule has 0 saturated carbocycles. The summed E-state index contributed by atoms with van der Waals surface area (Å²) in [6.45, 7) is 0. The van der Waals surface area contributed by atoms with Gasteiger partial charge in [-0.05, 0) is 35.2 Å². The van der Waals surface area contributed by atoms with Gasteiger partial charge in [0, 0.05) is 23.7 Å². The number of nitrogens with one attached hydrogen (secondary N) is 1. The lowest BCUT2D eigenvalue weighted by Crippen LogP contribution is -2.08. The number of fused-ring (bicyclic) bond motifs is 3. The topological polar surface area (TPSA) is 86.3 Å². The highest BCUT2D eigenvalue weighted by Crippen LogP contribution is 2.38. The lowest BCUT2D eigenvalue weighted by Gasteiger charge is -2.21. The van der Waals surface area contributed by atoms with Crippen LogP contribution in [0, 0.1) is 5.41 Å². The minimum Gasteiger partial charge on any atom is -0.412 e. The van der Waals surface area contributed by atoms with Gasteiger partial charge < -0.3 is 21.2 Å². The predicted octanol–water partition coefficient (Wildman–Crippen LogP) is 3.76. The van der Waals surface area contributed by atoms with E-state index in [4.69, 9.17) is 11.1 Å². The summed E-state index contributed by atoms with van der Waals surface area (Å²) < 4.78 is 2.16. The molecular weight excluding hydrogens is 378 g/mol. The Balaban J connectivity index is 0.00000113. The van der Waals surface area contributed by atoms with E-state index in [2.05, 4.69) is 22.8 Å². The number of nitrogen functional groups attached to an aromatic ring is 1. The lowest BCUT2D eigenvalue weighted by molar-refractivity contribution is 0.824. The van der Waals surface area contributed by atoms with Gasteiger partial charge in [-0.1, -0.05) is 42.5 Å². The highest BCUT2D eigenvalue weighted by Gasteiger charge is 2.16. The second-order valence-corrected chi connectivity index (χ2v) is 5.81. The molecule has 2 aromatic rings. The number of anilines is 1. The maximum Gasteiger partial charge on any atom is 0.0562 e. The molecule has 25 heavy (non-hydrogen) atoms. The number of hydrogen-bond donors (Lipinski definition) is 2. The number of rotatable bonds is 1. The van der Waals surface area contributed by atoms with Gasteiger partial charge in [-0.25, -0.2) is 0 Å². The van der Waals surface area contributed by atoms with E-state index in [1.165, 1.54) is 0 Å². The first-order valence-electron chi connectivity index (χ1n) is 7.57. The quantitative estimate of drug-likeness (QED) is 0.371. The van der Waals surface area contributed by atoms with E-state index in [0.717, 1.165) is 39.0 Å². The molecule has 0 unspecified atom stereocenters. The molecule has 0 bridgehead atoms. The number of halogens is 1. The molecule has 0 fully saturated rings. The maximum atomic E-state index is 7.96. The molecule has 0 aromatic heterocycles.